The number of hydrogen-bond acceptors (Lipinski definition) is 6. The summed E-state index contributed by atoms with van der Waals surface area (Å²) in [7, 11) is 0. The number of benzene rings is 3. The molecule has 0 spiro atoms. The van der Waals surface area contributed by atoms with Crippen LogP contribution < -0.4 is 10.2 Å². The number of furan rings is 1. The first-order valence-electron chi connectivity index (χ1n) is 9.68. The van der Waals surface area contributed by atoms with Crippen molar-refractivity contribution in [2.45, 2.75) is 6.61 Å². The lowest BCUT2D eigenvalue weighted by Gasteiger charge is -2.11. The summed E-state index contributed by atoms with van der Waals surface area (Å²) >= 11 is 16.0. The molecule has 34 heavy (non-hydrogen) atoms. The normalized spacial score (nSPS) is 11.1. The van der Waals surface area contributed by atoms with E-state index in [1.54, 1.807) is 12.1 Å². The van der Waals surface area contributed by atoms with E-state index in [0.29, 0.717) is 22.3 Å². The van der Waals surface area contributed by atoms with E-state index in [1.807, 2.05) is 24.3 Å². The fourth-order valence-electron chi connectivity index (χ4n) is 3.00. The Hall–Kier alpha value is -3.40. The van der Waals surface area contributed by atoms with Crippen molar-refractivity contribution in [2.75, 3.05) is 0 Å². The van der Waals surface area contributed by atoms with Gasteiger partial charge in [-0.25, -0.2) is 5.43 Å². The lowest BCUT2D eigenvalue weighted by Crippen LogP contribution is -2.16. The highest BCUT2D eigenvalue weighted by molar-refractivity contribution is 9.10. The molecule has 8 nitrogen and oxygen atoms in total. The maximum absolute atomic E-state index is 12.3. The molecule has 0 aliphatic carbocycles. The average Bonchev–Trinajstić information content (AvgIpc) is 3.23. The monoisotopic (exact) mass is 561 g/mol. The molecule has 0 aliphatic rings. The number of nitro benzene ring substituents is 1. The van der Waals surface area contributed by atoms with Gasteiger partial charge in [0.15, 0.2) is 11.5 Å². The van der Waals surface area contributed by atoms with Crippen LogP contribution in [0.2, 0.25) is 10.0 Å². The number of carbonyl (C=O) groups excluding carboxylic acids is 1. The van der Waals surface area contributed by atoms with Gasteiger partial charge in [0, 0.05) is 22.0 Å². The highest BCUT2D eigenvalue weighted by atomic mass is 79.9. The van der Waals surface area contributed by atoms with E-state index >= 15 is 0 Å². The molecule has 1 aromatic heterocycles. The number of fused-ring (bicyclic) bond motifs is 1. The van der Waals surface area contributed by atoms with Gasteiger partial charge in [-0.3, -0.25) is 14.9 Å². The first-order chi connectivity index (χ1) is 16.3. The van der Waals surface area contributed by atoms with E-state index in [-0.39, 0.29) is 28.1 Å². The standard InChI is InChI=1S/C23H14BrCl2N3O5/c24-16-3-1-13(2-4-16)12-33-22-18(25)7-14(8-19(22)26)11-27-28-23(30)21-10-15-9-17(29(31)32)5-6-20(15)34-21/h1-11H,12H2,(H,28,30)/b27-11+. The van der Waals surface area contributed by atoms with Gasteiger partial charge in [-0.1, -0.05) is 51.3 Å². The average molecular weight is 563 g/mol. The Morgan fingerprint density at radius 1 is 1.12 bits per heavy atom. The summed E-state index contributed by atoms with van der Waals surface area (Å²) in [6, 6.07) is 16.3. The number of amides is 1. The van der Waals surface area contributed by atoms with Crippen molar-refractivity contribution in [3.8, 4) is 5.75 Å². The highest BCUT2D eigenvalue weighted by Gasteiger charge is 2.15. The molecule has 1 amide bonds. The van der Waals surface area contributed by atoms with Gasteiger partial charge in [0.1, 0.15) is 12.2 Å². The summed E-state index contributed by atoms with van der Waals surface area (Å²) in [5.74, 6) is -0.328. The Labute approximate surface area is 211 Å². The molecule has 0 saturated heterocycles. The minimum Gasteiger partial charge on any atom is -0.486 e. The molecule has 4 rings (SSSR count). The first-order valence-corrected chi connectivity index (χ1v) is 11.2. The number of non-ortho nitro benzene ring substituents is 1. The number of rotatable bonds is 7. The van der Waals surface area contributed by atoms with Gasteiger partial charge < -0.3 is 9.15 Å². The maximum atomic E-state index is 12.3. The SMILES string of the molecule is O=C(N/N=C/c1cc(Cl)c(OCc2ccc(Br)cc2)c(Cl)c1)c1cc2cc([N+](=O)[O-])ccc2o1. The Kier molecular flexibility index (Phi) is 7.16. The first kappa shape index (κ1) is 23.7. The molecule has 0 fully saturated rings. The predicted octanol–water partition coefficient (Wildman–Crippen LogP) is 6.75. The van der Waals surface area contributed by atoms with Crippen molar-refractivity contribution in [1.82, 2.24) is 5.43 Å². The second-order valence-electron chi connectivity index (χ2n) is 7.02. The smallest absolute Gasteiger partial charge is 0.307 e. The van der Waals surface area contributed by atoms with Crippen LogP contribution in [0.3, 0.4) is 0 Å². The molecule has 172 valence electrons. The van der Waals surface area contributed by atoms with Crippen molar-refractivity contribution in [1.29, 1.82) is 0 Å². The van der Waals surface area contributed by atoms with Gasteiger partial charge in [0.2, 0.25) is 0 Å². The summed E-state index contributed by atoms with van der Waals surface area (Å²) < 4.78 is 12.1. The molecule has 0 radical (unpaired) electrons. The number of halogens is 3. The summed E-state index contributed by atoms with van der Waals surface area (Å²) in [6.45, 7) is 0.289. The van der Waals surface area contributed by atoms with Gasteiger partial charge in [0.05, 0.1) is 21.2 Å². The van der Waals surface area contributed by atoms with Crippen molar-refractivity contribution in [3.05, 3.63) is 102 Å². The van der Waals surface area contributed by atoms with E-state index in [1.165, 1.54) is 30.5 Å². The van der Waals surface area contributed by atoms with Crippen LogP contribution in [-0.2, 0) is 6.61 Å². The van der Waals surface area contributed by atoms with Crippen molar-refractivity contribution in [2.24, 2.45) is 5.10 Å². The Morgan fingerprint density at radius 3 is 2.50 bits per heavy atom. The minimum atomic E-state index is -0.623. The summed E-state index contributed by atoms with van der Waals surface area (Å²) in [4.78, 5) is 22.7. The molecule has 0 bridgehead atoms. The van der Waals surface area contributed by atoms with Crippen molar-refractivity contribution < 1.29 is 18.9 Å². The molecule has 1 N–H and O–H groups in total. The topological polar surface area (TPSA) is 107 Å². The molecule has 0 unspecified atom stereocenters. The highest BCUT2D eigenvalue weighted by Crippen LogP contribution is 2.34. The molecule has 1 heterocycles. The zero-order chi connectivity index (χ0) is 24.2. The van der Waals surface area contributed by atoms with Crippen LogP contribution in [-0.4, -0.2) is 17.0 Å². The number of carbonyl (C=O) groups is 1. The number of nitro groups is 1. The molecular formula is C23H14BrCl2N3O5. The summed E-state index contributed by atoms with van der Waals surface area (Å²) in [5.41, 5.74) is 4.06. The van der Waals surface area contributed by atoms with E-state index in [2.05, 4.69) is 26.5 Å². The zero-order valence-electron chi connectivity index (χ0n) is 17.1. The third-order valence-electron chi connectivity index (χ3n) is 4.63. The van der Waals surface area contributed by atoms with E-state index in [0.717, 1.165) is 10.0 Å². The molecule has 0 aliphatic heterocycles. The van der Waals surface area contributed by atoms with Gasteiger partial charge >= 0.3 is 5.91 Å². The lowest BCUT2D eigenvalue weighted by atomic mass is 10.2. The third kappa shape index (κ3) is 5.56. The molecule has 0 atom stereocenters. The molecule has 11 heteroatoms. The van der Waals surface area contributed by atoms with Crippen molar-refractivity contribution in [3.63, 3.8) is 0 Å². The van der Waals surface area contributed by atoms with Crippen LogP contribution in [0, 0.1) is 10.1 Å². The largest absolute Gasteiger partial charge is 0.486 e. The minimum absolute atomic E-state index is 0.0413. The quantitative estimate of drug-likeness (QED) is 0.152. The molecule has 4 aromatic rings. The number of nitrogens with zero attached hydrogens (tertiary/aromatic N) is 2. The molecule has 3 aromatic carbocycles. The van der Waals surface area contributed by atoms with Gasteiger partial charge in [-0.05, 0) is 47.5 Å². The second-order valence-corrected chi connectivity index (χ2v) is 8.75. The van der Waals surface area contributed by atoms with Crippen LogP contribution in [0.5, 0.6) is 5.75 Å². The molecule has 0 saturated carbocycles. The number of nitrogens with one attached hydrogen (secondary N) is 1. The van der Waals surface area contributed by atoms with Crippen LogP contribution in [0.25, 0.3) is 11.0 Å². The zero-order valence-corrected chi connectivity index (χ0v) is 20.2. The van der Waals surface area contributed by atoms with E-state index in [9.17, 15) is 14.9 Å². The number of hydrazone groups is 1. The summed E-state index contributed by atoms with van der Waals surface area (Å²) in [5, 5.41) is 15.8. The Morgan fingerprint density at radius 2 is 1.82 bits per heavy atom. The second kappa shape index (κ2) is 10.3. The Balaban J connectivity index is 1.41. The molecular weight excluding hydrogens is 549 g/mol. The van der Waals surface area contributed by atoms with E-state index < -0.39 is 10.8 Å². The summed E-state index contributed by atoms with van der Waals surface area (Å²) in [6.07, 6.45) is 1.36. The van der Waals surface area contributed by atoms with Gasteiger partial charge in [-0.15, -0.1) is 0 Å². The van der Waals surface area contributed by atoms with Gasteiger partial charge in [0.25, 0.3) is 5.69 Å². The predicted molar refractivity (Wildman–Crippen MR) is 133 cm³/mol. The number of hydrogen-bond donors (Lipinski definition) is 1. The Bertz CT molecular complexity index is 1400. The van der Waals surface area contributed by atoms with Gasteiger partial charge in [-0.2, -0.15) is 5.10 Å². The van der Waals surface area contributed by atoms with E-state index in [4.69, 9.17) is 32.4 Å². The lowest BCUT2D eigenvalue weighted by molar-refractivity contribution is -0.384. The van der Waals surface area contributed by atoms with Crippen LogP contribution in [0.15, 0.2) is 74.7 Å². The fourth-order valence-corrected chi connectivity index (χ4v) is 3.88. The number of ether oxygens (including phenoxy) is 1. The fraction of sp³-hybridized carbons (Fsp3) is 0.0435. The maximum Gasteiger partial charge on any atom is 0.307 e. The van der Waals surface area contributed by atoms with Crippen LogP contribution in [0.4, 0.5) is 5.69 Å². The van der Waals surface area contributed by atoms with Crippen LogP contribution in [0.1, 0.15) is 21.7 Å². The van der Waals surface area contributed by atoms with Crippen molar-refractivity contribution >= 4 is 67.9 Å². The van der Waals surface area contributed by atoms with Crippen LogP contribution >= 0.6 is 39.1 Å². The third-order valence-corrected chi connectivity index (χ3v) is 5.72.